The van der Waals surface area contributed by atoms with Gasteiger partial charge in [0.1, 0.15) is 0 Å². The van der Waals surface area contributed by atoms with Crippen molar-refractivity contribution in [3.05, 3.63) is 35.4 Å². The Morgan fingerprint density at radius 2 is 2.05 bits per heavy atom. The highest BCUT2D eigenvalue weighted by Gasteiger charge is 2.24. The highest BCUT2D eigenvalue weighted by atomic mass is 16.5. The molecule has 0 aliphatic carbocycles. The van der Waals surface area contributed by atoms with Crippen LogP contribution in [0, 0.1) is 0 Å². The van der Waals surface area contributed by atoms with Crippen LogP contribution >= 0.6 is 0 Å². The van der Waals surface area contributed by atoms with E-state index >= 15 is 0 Å². The van der Waals surface area contributed by atoms with Crippen LogP contribution in [0.2, 0.25) is 0 Å². The molecule has 0 amide bonds. The maximum absolute atomic E-state index is 11.6. The summed E-state index contributed by atoms with van der Waals surface area (Å²) in [6.07, 6.45) is 1.00. The summed E-state index contributed by atoms with van der Waals surface area (Å²) in [4.78, 5) is 13.8. The Bertz CT molecular complexity index is 420. The first-order valence-electron chi connectivity index (χ1n) is 6.81. The smallest absolute Gasteiger partial charge is 0.338 e. The van der Waals surface area contributed by atoms with Crippen LogP contribution in [0.1, 0.15) is 35.2 Å². The van der Waals surface area contributed by atoms with E-state index in [0.29, 0.717) is 18.1 Å². The first-order valence-corrected chi connectivity index (χ1v) is 6.81. The zero-order valence-corrected chi connectivity index (χ0v) is 11.6. The van der Waals surface area contributed by atoms with E-state index in [4.69, 9.17) is 10.5 Å². The summed E-state index contributed by atoms with van der Waals surface area (Å²) < 4.78 is 4.98. The van der Waals surface area contributed by atoms with Gasteiger partial charge in [-0.2, -0.15) is 0 Å². The summed E-state index contributed by atoms with van der Waals surface area (Å²) in [6, 6.07) is 7.94. The molecule has 2 N–H and O–H groups in total. The average Bonchev–Trinajstić information content (AvgIpc) is 2.38. The second-order valence-electron chi connectivity index (χ2n) is 5.26. The number of esters is 1. The molecule has 1 saturated heterocycles. The van der Waals surface area contributed by atoms with Crippen molar-refractivity contribution in [2.45, 2.75) is 25.3 Å². The van der Waals surface area contributed by atoms with Gasteiger partial charge >= 0.3 is 5.97 Å². The largest absolute Gasteiger partial charge is 0.462 e. The maximum Gasteiger partial charge on any atom is 0.338 e. The van der Waals surface area contributed by atoms with Crippen LogP contribution in [-0.2, 0) is 4.74 Å². The molecule has 2 atom stereocenters. The van der Waals surface area contributed by atoms with Gasteiger partial charge < -0.3 is 15.4 Å². The van der Waals surface area contributed by atoms with Crippen LogP contribution in [0.5, 0.6) is 0 Å². The van der Waals surface area contributed by atoms with Crippen LogP contribution in [-0.4, -0.2) is 43.7 Å². The lowest BCUT2D eigenvalue weighted by atomic mass is 9.88. The van der Waals surface area contributed by atoms with E-state index in [2.05, 4.69) is 11.9 Å². The molecule has 2 rings (SSSR count). The SMILES string of the molecule is CCOC(=O)c1ccc([C@H]2C[C@@H](N)CN(C)C2)cc1. The van der Waals surface area contributed by atoms with E-state index in [1.165, 1.54) is 5.56 Å². The first-order chi connectivity index (χ1) is 9.10. The lowest BCUT2D eigenvalue weighted by Gasteiger charge is -2.34. The van der Waals surface area contributed by atoms with Crippen molar-refractivity contribution >= 4 is 5.97 Å². The minimum Gasteiger partial charge on any atom is -0.462 e. The molecule has 1 aliphatic rings. The molecule has 0 bridgehead atoms. The summed E-state index contributed by atoms with van der Waals surface area (Å²) >= 11 is 0. The standard InChI is InChI=1S/C15H22N2O2/c1-3-19-15(18)12-6-4-11(5-7-12)13-8-14(16)10-17(2)9-13/h4-7,13-14H,3,8-10,16H2,1-2H3/t13-,14+/m0/s1. The normalized spacial score (nSPS) is 24.2. The number of benzene rings is 1. The third kappa shape index (κ3) is 3.55. The number of nitrogens with zero attached hydrogens (tertiary/aromatic N) is 1. The number of nitrogens with two attached hydrogens (primary N) is 1. The Balaban J connectivity index is 2.07. The third-order valence-electron chi connectivity index (χ3n) is 3.56. The molecular formula is C15H22N2O2. The molecule has 1 aromatic rings. The fourth-order valence-electron chi connectivity index (χ4n) is 2.71. The predicted octanol–water partition coefficient (Wildman–Crippen LogP) is 1.61. The van der Waals surface area contributed by atoms with Gasteiger partial charge in [0.25, 0.3) is 0 Å². The highest BCUT2D eigenvalue weighted by Crippen LogP contribution is 2.26. The molecule has 0 unspecified atom stereocenters. The summed E-state index contributed by atoms with van der Waals surface area (Å²) in [7, 11) is 2.10. The fraction of sp³-hybridized carbons (Fsp3) is 0.533. The average molecular weight is 262 g/mol. The summed E-state index contributed by atoms with van der Waals surface area (Å²) in [6.45, 7) is 4.19. The lowest BCUT2D eigenvalue weighted by Crippen LogP contribution is -2.44. The quantitative estimate of drug-likeness (QED) is 0.841. The highest BCUT2D eigenvalue weighted by molar-refractivity contribution is 5.89. The minimum atomic E-state index is -0.258. The monoisotopic (exact) mass is 262 g/mol. The van der Waals surface area contributed by atoms with Crippen molar-refractivity contribution < 1.29 is 9.53 Å². The number of carbonyl (C=O) groups is 1. The molecule has 0 radical (unpaired) electrons. The molecule has 19 heavy (non-hydrogen) atoms. The number of ether oxygens (including phenoxy) is 1. The Morgan fingerprint density at radius 3 is 2.63 bits per heavy atom. The number of hydrogen-bond donors (Lipinski definition) is 1. The number of carbonyl (C=O) groups excluding carboxylic acids is 1. The number of hydrogen-bond acceptors (Lipinski definition) is 4. The van der Waals surface area contributed by atoms with E-state index in [0.717, 1.165) is 19.5 Å². The summed E-state index contributed by atoms with van der Waals surface area (Å²) in [5.74, 6) is 0.191. The van der Waals surface area contributed by atoms with Gasteiger partial charge in [0.2, 0.25) is 0 Å². The molecule has 1 heterocycles. The summed E-state index contributed by atoms with van der Waals surface area (Å²) in [5, 5.41) is 0. The van der Waals surface area contributed by atoms with E-state index in [1.807, 2.05) is 31.2 Å². The number of likely N-dealkylation sites (N-methyl/N-ethyl adjacent to an activating group) is 1. The van der Waals surface area contributed by atoms with E-state index in [-0.39, 0.29) is 12.0 Å². The Morgan fingerprint density at radius 1 is 1.37 bits per heavy atom. The predicted molar refractivity (Wildman–Crippen MR) is 75.2 cm³/mol. The topological polar surface area (TPSA) is 55.6 Å². The van der Waals surface area contributed by atoms with Crippen molar-refractivity contribution in [1.29, 1.82) is 0 Å². The van der Waals surface area contributed by atoms with E-state index in [1.54, 1.807) is 0 Å². The van der Waals surface area contributed by atoms with Crippen molar-refractivity contribution in [3.8, 4) is 0 Å². The molecule has 0 aromatic heterocycles. The second-order valence-corrected chi connectivity index (χ2v) is 5.26. The molecule has 1 aromatic carbocycles. The lowest BCUT2D eigenvalue weighted by molar-refractivity contribution is 0.0526. The molecule has 0 spiro atoms. The van der Waals surface area contributed by atoms with Gasteiger partial charge in [0.05, 0.1) is 12.2 Å². The van der Waals surface area contributed by atoms with Crippen LogP contribution in [0.3, 0.4) is 0 Å². The number of piperidine rings is 1. The molecule has 1 fully saturated rings. The Hall–Kier alpha value is -1.39. The minimum absolute atomic E-state index is 0.230. The molecule has 4 nitrogen and oxygen atoms in total. The first kappa shape index (κ1) is 14.0. The van der Waals surface area contributed by atoms with Gasteiger partial charge in [-0.3, -0.25) is 0 Å². The third-order valence-corrected chi connectivity index (χ3v) is 3.56. The van der Waals surface area contributed by atoms with Gasteiger partial charge in [-0.05, 0) is 44.0 Å². The molecule has 4 heteroatoms. The van der Waals surface area contributed by atoms with E-state index in [9.17, 15) is 4.79 Å². The van der Waals surface area contributed by atoms with Crippen molar-refractivity contribution in [1.82, 2.24) is 4.90 Å². The zero-order valence-electron chi connectivity index (χ0n) is 11.6. The van der Waals surface area contributed by atoms with Gasteiger partial charge in [0.15, 0.2) is 0 Å². The Kier molecular flexibility index (Phi) is 4.56. The number of likely N-dealkylation sites (tertiary alicyclic amines) is 1. The van der Waals surface area contributed by atoms with Crippen molar-refractivity contribution in [2.24, 2.45) is 5.73 Å². The second kappa shape index (κ2) is 6.17. The van der Waals surface area contributed by atoms with Gasteiger partial charge in [-0.15, -0.1) is 0 Å². The fourth-order valence-corrected chi connectivity index (χ4v) is 2.71. The van der Waals surface area contributed by atoms with Crippen LogP contribution < -0.4 is 5.73 Å². The molecular weight excluding hydrogens is 240 g/mol. The van der Waals surface area contributed by atoms with Gasteiger partial charge in [-0.25, -0.2) is 4.79 Å². The van der Waals surface area contributed by atoms with Gasteiger partial charge in [0, 0.05) is 19.1 Å². The van der Waals surface area contributed by atoms with Crippen LogP contribution in [0.4, 0.5) is 0 Å². The number of rotatable bonds is 3. The summed E-state index contributed by atoms with van der Waals surface area (Å²) in [5.41, 5.74) is 7.91. The van der Waals surface area contributed by atoms with E-state index < -0.39 is 0 Å². The molecule has 0 saturated carbocycles. The molecule has 104 valence electrons. The maximum atomic E-state index is 11.6. The molecule has 1 aliphatic heterocycles. The Labute approximate surface area is 114 Å². The van der Waals surface area contributed by atoms with Gasteiger partial charge in [-0.1, -0.05) is 12.1 Å². The zero-order chi connectivity index (χ0) is 13.8. The van der Waals surface area contributed by atoms with Crippen LogP contribution in [0.15, 0.2) is 24.3 Å². The van der Waals surface area contributed by atoms with Crippen molar-refractivity contribution in [2.75, 3.05) is 26.7 Å². The van der Waals surface area contributed by atoms with Crippen molar-refractivity contribution in [3.63, 3.8) is 0 Å². The van der Waals surface area contributed by atoms with Crippen LogP contribution in [0.25, 0.3) is 0 Å².